The zero-order chi connectivity index (χ0) is 21.6. The lowest BCUT2D eigenvalue weighted by Gasteiger charge is -2.25. The summed E-state index contributed by atoms with van der Waals surface area (Å²) in [4.78, 5) is 32.8. The van der Waals surface area contributed by atoms with Crippen LogP contribution in [0.2, 0.25) is 0 Å². The molecule has 0 bridgehead atoms. The molecule has 1 aromatic carbocycles. The monoisotopic (exact) mass is 438 g/mol. The predicted molar refractivity (Wildman–Crippen MR) is 114 cm³/mol. The molecule has 0 aliphatic heterocycles. The van der Waals surface area contributed by atoms with Gasteiger partial charge in [0.05, 0.1) is 19.8 Å². The molecule has 0 atom stereocenters. The number of unbranched alkanes of at least 4 members (excludes halogenated alkanes) is 3. The second kappa shape index (κ2) is 14.0. The van der Waals surface area contributed by atoms with Gasteiger partial charge in [-0.15, -0.1) is 0 Å². The third-order valence-electron chi connectivity index (χ3n) is 5.17. The first-order chi connectivity index (χ1) is 14.6. The molecule has 0 spiro atoms. The summed E-state index contributed by atoms with van der Waals surface area (Å²) in [5, 5.41) is -0.223. The molecule has 6 nitrogen and oxygen atoms in total. The highest BCUT2D eigenvalue weighted by Crippen LogP contribution is 2.30. The van der Waals surface area contributed by atoms with Crippen molar-refractivity contribution in [3.63, 3.8) is 0 Å². The Morgan fingerprint density at radius 3 is 2.23 bits per heavy atom. The van der Waals surface area contributed by atoms with Crippen LogP contribution in [0.25, 0.3) is 0 Å². The van der Waals surface area contributed by atoms with E-state index in [2.05, 4.69) is 6.58 Å². The molecule has 2 rings (SSSR count). The molecular formula is C23H31ClO6. The quantitative estimate of drug-likeness (QED) is 0.0987. The lowest BCUT2D eigenvalue weighted by molar-refractivity contribution is -0.218. The minimum absolute atomic E-state index is 0.00147. The summed E-state index contributed by atoms with van der Waals surface area (Å²) >= 11 is 5.56. The average Bonchev–Trinajstić information content (AvgIpc) is 2.76. The molecule has 30 heavy (non-hydrogen) atoms. The topological polar surface area (TPSA) is 71.1 Å². The van der Waals surface area contributed by atoms with Gasteiger partial charge in [-0.05, 0) is 93.2 Å². The number of ether oxygens (including phenoxy) is 2. The van der Waals surface area contributed by atoms with E-state index < -0.39 is 0 Å². The Balaban J connectivity index is 1.50. The molecule has 1 aliphatic carbocycles. The summed E-state index contributed by atoms with van der Waals surface area (Å²) < 4.78 is 10.6. The van der Waals surface area contributed by atoms with Gasteiger partial charge < -0.3 is 14.4 Å². The van der Waals surface area contributed by atoms with E-state index in [1.807, 2.05) is 24.3 Å². The molecule has 0 N–H and O–H groups in total. The van der Waals surface area contributed by atoms with Crippen molar-refractivity contribution < 1.29 is 28.8 Å². The Morgan fingerprint density at radius 1 is 0.967 bits per heavy atom. The summed E-state index contributed by atoms with van der Waals surface area (Å²) in [6.07, 6.45) is 8.47. The average molecular weight is 439 g/mol. The minimum atomic E-state index is -0.372. The van der Waals surface area contributed by atoms with Crippen LogP contribution in [0.4, 0.5) is 0 Å². The maximum Gasteiger partial charge on any atom is 0.330 e. The first-order valence-electron chi connectivity index (χ1n) is 10.6. The zero-order valence-corrected chi connectivity index (χ0v) is 18.1. The third-order valence-corrected chi connectivity index (χ3v) is 5.48. The number of carbonyl (C=O) groups is 2. The molecule has 0 aromatic heterocycles. The summed E-state index contributed by atoms with van der Waals surface area (Å²) in [6, 6.07) is 7.33. The highest BCUT2D eigenvalue weighted by atomic mass is 35.5. The van der Waals surface area contributed by atoms with Gasteiger partial charge in [0.1, 0.15) is 5.75 Å². The third kappa shape index (κ3) is 9.63. The fourth-order valence-corrected chi connectivity index (χ4v) is 3.54. The molecule has 1 aromatic rings. The molecular weight excluding hydrogens is 408 g/mol. The Bertz CT molecular complexity index is 652. The maximum absolute atomic E-state index is 11.2. The van der Waals surface area contributed by atoms with Crippen LogP contribution >= 0.6 is 11.6 Å². The lowest BCUT2D eigenvalue weighted by atomic mass is 9.83. The molecule has 7 heteroatoms. The standard InChI is InChI=1S/C23H31ClO6/c1-2-22(25)28-16-6-4-3-5-15-27-20-11-13-21(14-12-20)30-29-17-18-7-9-19(10-8-18)23(24)26/h2,11-14,18-19H,1,3-10,15-17H2. The van der Waals surface area contributed by atoms with Crippen molar-refractivity contribution in [1.82, 2.24) is 0 Å². The van der Waals surface area contributed by atoms with Gasteiger partial charge in [0.2, 0.25) is 5.24 Å². The molecule has 166 valence electrons. The number of halogens is 1. The highest BCUT2D eigenvalue weighted by molar-refractivity contribution is 6.63. The normalized spacial score (nSPS) is 18.4. The minimum Gasteiger partial charge on any atom is -0.494 e. The summed E-state index contributed by atoms with van der Waals surface area (Å²) in [5.41, 5.74) is 0. The molecule has 0 heterocycles. The zero-order valence-electron chi connectivity index (χ0n) is 17.4. The van der Waals surface area contributed by atoms with Gasteiger partial charge in [0.25, 0.3) is 0 Å². The van der Waals surface area contributed by atoms with Crippen LogP contribution in [0.5, 0.6) is 11.5 Å². The van der Waals surface area contributed by atoms with Crippen LogP contribution in [0, 0.1) is 11.8 Å². The molecule has 0 unspecified atom stereocenters. The molecule has 0 saturated heterocycles. The maximum atomic E-state index is 11.2. The van der Waals surface area contributed by atoms with Crippen molar-refractivity contribution in [3.8, 4) is 11.5 Å². The van der Waals surface area contributed by atoms with E-state index in [1.165, 1.54) is 6.08 Å². The van der Waals surface area contributed by atoms with Crippen molar-refractivity contribution in [3.05, 3.63) is 36.9 Å². The predicted octanol–water partition coefficient (Wildman–Crippen LogP) is 5.24. The smallest absolute Gasteiger partial charge is 0.330 e. The van der Waals surface area contributed by atoms with E-state index in [0.717, 1.165) is 57.1 Å². The van der Waals surface area contributed by atoms with Gasteiger partial charge in [-0.25, -0.2) is 4.79 Å². The van der Waals surface area contributed by atoms with Crippen LogP contribution in [0.1, 0.15) is 51.4 Å². The van der Waals surface area contributed by atoms with Crippen LogP contribution in [0.3, 0.4) is 0 Å². The van der Waals surface area contributed by atoms with Crippen LogP contribution in [-0.2, 0) is 19.2 Å². The van der Waals surface area contributed by atoms with Gasteiger partial charge >= 0.3 is 5.97 Å². The number of rotatable bonds is 14. The second-order valence-corrected chi connectivity index (χ2v) is 7.87. The van der Waals surface area contributed by atoms with E-state index >= 15 is 0 Å². The van der Waals surface area contributed by atoms with Gasteiger partial charge in [-0.2, -0.15) is 4.89 Å². The van der Waals surface area contributed by atoms with Gasteiger partial charge in [-0.3, -0.25) is 4.79 Å². The SMILES string of the molecule is C=CC(=O)OCCCCCCOc1ccc(OOCC2CCC(C(=O)Cl)CC2)cc1. The summed E-state index contributed by atoms with van der Waals surface area (Å²) in [6.45, 7) is 4.93. The fourth-order valence-electron chi connectivity index (χ4n) is 3.33. The largest absolute Gasteiger partial charge is 0.494 e. The second-order valence-electron chi connectivity index (χ2n) is 7.50. The first-order valence-corrected chi connectivity index (χ1v) is 11.0. The van der Waals surface area contributed by atoms with Gasteiger partial charge in [0, 0.05) is 12.0 Å². The van der Waals surface area contributed by atoms with Crippen LogP contribution in [0.15, 0.2) is 36.9 Å². The Morgan fingerprint density at radius 2 is 1.60 bits per heavy atom. The fraction of sp³-hybridized carbons (Fsp3) is 0.565. The summed E-state index contributed by atoms with van der Waals surface area (Å²) in [5.74, 6) is 1.43. The number of hydrogen-bond donors (Lipinski definition) is 0. The van der Waals surface area contributed by atoms with Crippen molar-refractivity contribution >= 4 is 22.8 Å². The number of esters is 1. The van der Waals surface area contributed by atoms with E-state index in [9.17, 15) is 9.59 Å². The number of carbonyl (C=O) groups excluding carboxylic acids is 2. The van der Waals surface area contributed by atoms with Gasteiger partial charge in [-0.1, -0.05) is 6.58 Å². The van der Waals surface area contributed by atoms with E-state index in [0.29, 0.717) is 31.5 Å². The van der Waals surface area contributed by atoms with Crippen molar-refractivity contribution in [2.75, 3.05) is 19.8 Å². The number of benzene rings is 1. The molecule has 1 saturated carbocycles. The van der Waals surface area contributed by atoms with E-state index in [-0.39, 0.29) is 17.1 Å². The van der Waals surface area contributed by atoms with Crippen LogP contribution in [-0.4, -0.2) is 31.0 Å². The Kier molecular flexibility index (Phi) is 11.3. The first kappa shape index (κ1) is 24.2. The number of hydrogen-bond acceptors (Lipinski definition) is 6. The Hall–Kier alpha value is -2.05. The Labute approximate surface area is 183 Å². The molecule has 1 aliphatic rings. The van der Waals surface area contributed by atoms with Crippen molar-refractivity contribution in [1.29, 1.82) is 0 Å². The summed E-state index contributed by atoms with van der Waals surface area (Å²) in [7, 11) is 0. The molecule has 0 radical (unpaired) electrons. The van der Waals surface area contributed by atoms with E-state index in [4.69, 9.17) is 30.8 Å². The van der Waals surface area contributed by atoms with Crippen molar-refractivity contribution in [2.45, 2.75) is 51.4 Å². The molecule has 0 amide bonds. The highest BCUT2D eigenvalue weighted by Gasteiger charge is 2.25. The van der Waals surface area contributed by atoms with Crippen LogP contribution < -0.4 is 9.62 Å². The van der Waals surface area contributed by atoms with Gasteiger partial charge in [0.15, 0.2) is 5.75 Å². The van der Waals surface area contributed by atoms with Crippen molar-refractivity contribution in [2.24, 2.45) is 11.8 Å². The van der Waals surface area contributed by atoms with E-state index in [1.54, 1.807) is 0 Å². The molecule has 1 fully saturated rings. The lowest BCUT2D eigenvalue weighted by Crippen LogP contribution is -2.22.